The van der Waals surface area contributed by atoms with Gasteiger partial charge in [0.2, 0.25) is 5.91 Å². The Labute approximate surface area is 187 Å². The van der Waals surface area contributed by atoms with Crippen molar-refractivity contribution in [2.45, 2.75) is 12.8 Å². The fourth-order valence-electron chi connectivity index (χ4n) is 3.78. The molecule has 32 heavy (non-hydrogen) atoms. The van der Waals surface area contributed by atoms with Crippen LogP contribution in [0.3, 0.4) is 0 Å². The molecule has 4 rings (SSSR count). The normalized spacial score (nSPS) is 16.7. The smallest absolute Gasteiger partial charge is 0.228 e. The van der Waals surface area contributed by atoms with E-state index < -0.39 is 0 Å². The third-order valence-corrected chi connectivity index (χ3v) is 5.43. The second-order valence-corrected chi connectivity index (χ2v) is 7.83. The van der Waals surface area contributed by atoms with E-state index in [-0.39, 0.29) is 17.6 Å². The average Bonchev–Trinajstić information content (AvgIpc) is 2.82. The number of ether oxygens (including phenoxy) is 1. The van der Waals surface area contributed by atoms with Gasteiger partial charge in [0.15, 0.2) is 5.75 Å². The first-order valence-electron chi connectivity index (χ1n) is 10.8. The van der Waals surface area contributed by atoms with Crippen LogP contribution in [0, 0.1) is 11.7 Å². The first-order chi connectivity index (χ1) is 15.7. The van der Waals surface area contributed by atoms with E-state index in [9.17, 15) is 9.18 Å². The zero-order chi connectivity index (χ0) is 22.2. The Morgan fingerprint density at radius 1 is 1.16 bits per heavy atom. The van der Waals surface area contributed by atoms with Gasteiger partial charge in [-0.1, -0.05) is 36.4 Å². The van der Waals surface area contributed by atoms with E-state index in [4.69, 9.17) is 4.74 Å². The number of pyridine rings is 1. The number of carbonyl (C=O) groups excluding carboxylic acids is 1. The van der Waals surface area contributed by atoms with E-state index >= 15 is 0 Å². The number of hydrogen-bond donors (Lipinski definition) is 1. The minimum atomic E-state index is -0.237. The number of likely N-dealkylation sites (tertiary alicyclic amines) is 1. The first kappa shape index (κ1) is 21.7. The van der Waals surface area contributed by atoms with Crippen LogP contribution in [0.4, 0.5) is 10.1 Å². The number of para-hydroxylation sites is 2. The van der Waals surface area contributed by atoms with Crippen molar-refractivity contribution in [2.75, 3.05) is 25.0 Å². The monoisotopic (exact) mass is 431 g/mol. The summed E-state index contributed by atoms with van der Waals surface area (Å²) in [5.41, 5.74) is 1.61. The number of anilines is 1. The Morgan fingerprint density at radius 3 is 2.81 bits per heavy atom. The minimum absolute atomic E-state index is 0.000508. The molecule has 1 unspecified atom stereocenters. The Hall–Kier alpha value is -3.51. The van der Waals surface area contributed by atoms with Gasteiger partial charge < -0.3 is 10.1 Å². The summed E-state index contributed by atoms with van der Waals surface area (Å²) in [6.07, 6.45) is 9.19. The quantitative estimate of drug-likeness (QED) is 0.546. The molecule has 1 amide bonds. The molecule has 5 nitrogen and oxygen atoms in total. The summed E-state index contributed by atoms with van der Waals surface area (Å²) < 4.78 is 18.9. The van der Waals surface area contributed by atoms with Gasteiger partial charge in [0.1, 0.15) is 11.6 Å². The molecule has 1 aromatic heterocycles. The fraction of sp³-hybridized carbons (Fsp3) is 0.231. The molecule has 0 radical (unpaired) electrons. The molecule has 0 bridgehead atoms. The summed E-state index contributed by atoms with van der Waals surface area (Å²) >= 11 is 0. The number of aromatic nitrogens is 1. The van der Waals surface area contributed by atoms with Crippen LogP contribution < -0.4 is 10.1 Å². The number of rotatable bonds is 7. The number of nitrogens with zero attached hydrogens (tertiary/aromatic N) is 2. The Kier molecular flexibility index (Phi) is 7.25. The number of carbonyl (C=O) groups is 1. The molecule has 2 aromatic carbocycles. The molecule has 0 saturated carbocycles. The molecule has 6 heteroatoms. The van der Waals surface area contributed by atoms with Gasteiger partial charge in [0.25, 0.3) is 0 Å². The van der Waals surface area contributed by atoms with Gasteiger partial charge in [-0.3, -0.25) is 14.7 Å². The summed E-state index contributed by atoms with van der Waals surface area (Å²) in [6, 6.07) is 17.5. The Balaban J connectivity index is 1.34. The van der Waals surface area contributed by atoms with Gasteiger partial charge in [0, 0.05) is 19.3 Å². The van der Waals surface area contributed by atoms with Crippen molar-refractivity contribution < 1.29 is 13.9 Å². The zero-order valence-corrected chi connectivity index (χ0v) is 17.8. The lowest BCUT2D eigenvalue weighted by molar-refractivity contribution is -0.121. The number of nitrogens with one attached hydrogen (secondary N) is 1. The van der Waals surface area contributed by atoms with Gasteiger partial charge in [-0.05, 0) is 61.3 Å². The topological polar surface area (TPSA) is 54.5 Å². The highest BCUT2D eigenvalue weighted by Gasteiger charge is 2.26. The standard InChI is InChI=1S/C26H26FN3O2/c27-22-13-11-20(12-14-22)6-4-16-30-17-5-7-21(19-30)26(31)29-24-9-1-2-10-25(24)32-23-8-3-15-28-18-23/h1-4,6,8-15,18,21H,5,7,16-17,19H2,(H,29,31)/b6-4+. The van der Waals surface area contributed by atoms with Gasteiger partial charge >= 0.3 is 0 Å². The third-order valence-electron chi connectivity index (χ3n) is 5.43. The van der Waals surface area contributed by atoms with E-state index in [1.165, 1.54) is 12.1 Å². The lowest BCUT2D eigenvalue weighted by atomic mass is 9.97. The molecule has 1 atom stereocenters. The van der Waals surface area contributed by atoms with Gasteiger partial charge in [-0.15, -0.1) is 0 Å². The number of hydrogen-bond acceptors (Lipinski definition) is 4. The molecule has 3 aromatic rings. The summed E-state index contributed by atoms with van der Waals surface area (Å²) in [5, 5.41) is 3.04. The van der Waals surface area contributed by atoms with E-state index in [2.05, 4.69) is 21.3 Å². The van der Waals surface area contributed by atoms with Crippen molar-refractivity contribution in [1.82, 2.24) is 9.88 Å². The van der Waals surface area contributed by atoms with Crippen LogP contribution in [-0.4, -0.2) is 35.4 Å². The van der Waals surface area contributed by atoms with Crippen LogP contribution in [-0.2, 0) is 4.79 Å². The maximum atomic E-state index is 13.0. The van der Waals surface area contributed by atoms with Crippen molar-refractivity contribution in [2.24, 2.45) is 5.92 Å². The van der Waals surface area contributed by atoms with Crippen LogP contribution >= 0.6 is 0 Å². The Morgan fingerprint density at radius 2 is 2.00 bits per heavy atom. The molecule has 1 N–H and O–H groups in total. The number of halogens is 1. The highest BCUT2D eigenvalue weighted by molar-refractivity contribution is 5.94. The summed E-state index contributed by atoms with van der Waals surface area (Å²) in [6.45, 7) is 2.41. The van der Waals surface area contributed by atoms with Gasteiger partial charge in [-0.25, -0.2) is 4.39 Å². The molecule has 0 aliphatic carbocycles. The average molecular weight is 432 g/mol. The maximum absolute atomic E-state index is 13.0. The van der Waals surface area contributed by atoms with Crippen LogP contribution in [0.1, 0.15) is 18.4 Å². The van der Waals surface area contributed by atoms with Crippen molar-refractivity contribution >= 4 is 17.7 Å². The lowest BCUT2D eigenvalue weighted by Crippen LogP contribution is -2.40. The van der Waals surface area contributed by atoms with Crippen molar-refractivity contribution in [3.8, 4) is 11.5 Å². The number of benzene rings is 2. The summed E-state index contributed by atoms with van der Waals surface area (Å²) in [5.74, 6) is 0.878. The fourth-order valence-corrected chi connectivity index (χ4v) is 3.78. The van der Waals surface area contributed by atoms with Crippen LogP contribution in [0.5, 0.6) is 11.5 Å². The first-order valence-corrected chi connectivity index (χ1v) is 10.8. The SMILES string of the molecule is O=C(Nc1ccccc1Oc1cccnc1)C1CCCN(C/C=C/c2ccc(F)cc2)C1. The molecule has 164 valence electrons. The minimum Gasteiger partial charge on any atom is -0.454 e. The number of amides is 1. The molecule has 1 aliphatic rings. The molecular formula is C26H26FN3O2. The second-order valence-electron chi connectivity index (χ2n) is 7.83. The van der Waals surface area contributed by atoms with Crippen LogP contribution in [0.15, 0.2) is 79.1 Å². The van der Waals surface area contributed by atoms with Crippen molar-refractivity contribution in [3.05, 3.63) is 90.5 Å². The van der Waals surface area contributed by atoms with Crippen molar-refractivity contribution in [3.63, 3.8) is 0 Å². The predicted octanol–water partition coefficient (Wildman–Crippen LogP) is 5.38. The number of piperidine rings is 1. The van der Waals surface area contributed by atoms with Crippen LogP contribution in [0.25, 0.3) is 6.08 Å². The highest BCUT2D eigenvalue weighted by atomic mass is 19.1. The molecular weight excluding hydrogens is 405 g/mol. The van der Waals surface area contributed by atoms with Crippen molar-refractivity contribution in [1.29, 1.82) is 0 Å². The van der Waals surface area contributed by atoms with Gasteiger partial charge in [0.05, 0.1) is 17.8 Å². The van der Waals surface area contributed by atoms with E-state index in [1.807, 2.05) is 36.4 Å². The molecule has 1 saturated heterocycles. The van der Waals surface area contributed by atoms with Crippen LogP contribution in [0.2, 0.25) is 0 Å². The molecule has 1 aliphatic heterocycles. The summed E-state index contributed by atoms with van der Waals surface area (Å²) in [4.78, 5) is 19.3. The summed E-state index contributed by atoms with van der Waals surface area (Å²) in [7, 11) is 0. The largest absolute Gasteiger partial charge is 0.454 e. The molecule has 2 heterocycles. The molecule has 1 fully saturated rings. The second kappa shape index (κ2) is 10.7. The Bertz CT molecular complexity index is 1050. The van der Waals surface area contributed by atoms with Gasteiger partial charge in [-0.2, -0.15) is 0 Å². The zero-order valence-electron chi connectivity index (χ0n) is 17.8. The van der Waals surface area contributed by atoms with E-state index in [0.29, 0.717) is 23.7 Å². The molecule has 0 spiro atoms. The predicted molar refractivity (Wildman–Crippen MR) is 124 cm³/mol. The van der Waals surface area contributed by atoms with E-state index in [1.54, 1.807) is 30.6 Å². The lowest BCUT2D eigenvalue weighted by Gasteiger charge is -2.31. The maximum Gasteiger partial charge on any atom is 0.228 e. The highest BCUT2D eigenvalue weighted by Crippen LogP contribution is 2.30. The van der Waals surface area contributed by atoms with E-state index in [0.717, 1.165) is 31.5 Å². The third kappa shape index (κ3) is 6.02.